The minimum absolute atomic E-state index is 0.161. The molecule has 2 N–H and O–H groups in total. The number of rotatable bonds is 6. The molecule has 2 aliphatic rings. The maximum absolute atomic E-state index is 15.6. The molecule has 0 radical (unpaired) electrons. The average Bonchev–Trinajstić information content (AvgIpc) is 2.82. The van der Waals surface area contributed by atoms with Gasteiger partial charge in [0.25, 0.3) is 11.8 Å². The van der Waals surface area contributed by atoms with Crippen LogP contribution in [-0.4, -0.2) is 49.5 Å². The van der Waals surface area contributed by atoms with Crippen LogP contribution in [0.5, 0.6) is 0 Å². The number of aryl methyl sites for hydroxylation is 1. The highest BCUT2D eigenvalue weighted by Crippen LogP contribution is 2.42. The Balaban J connectivity index is 1.60. The molecule has 7 nitrogen and oxygen atoms in total. The second-order valence-electron chi connectivity index (χ2n) is 10.2. The molecule has 206 valence electrons. The van der Waals surface area contributed by atoms with Crippen molar-refractivity contribution in [2.75, 3.05) is 11.6 Å². The van der Waals surface area contributed by atoms with Crippen LogP contribution >= 0.6 is 0 Å². The molecule has 2 aliphatic heterocycles. The topological polar surface area (TPSA) is 95.6 Å². The number of amides is 2. The molecule has 0 aromatic heterocycles. The van der Waals surface area contributed by atoms with Crippen molar-refractivity contribution >= 4 is 27.5 Å². The summed E-state index contributed by atoms with van der Waals surface area (Å²) in [6.07, 6.45) is 2.43. The predicted molar refractivity (Wildman–Crippen MR) is 133 cm³/mol. The van der Waals surface area contributed by atoms with Crippen LogP contribution in [-0.2, 0) is 20.7 Å². The number of sulfonamides is 1. The van der Waals surface area contributed by atoms with Gasteiger partial charge in [-0.1, -0.05) is 6.92 Å². The van der Waals surface area contributed by atoms with Crippen molar-refractivity contribution in [3.05, 3.63) is 64.7 Å². The first-order valence-corrected chi connectivity index (χ1v) is 14.1. The molecule has 4 atom stereocenters. The van der Waals surface area contributed by atoms with Gasteiger partial charge in [-0.15, -0.1) is 0 Å². The number of piperidine rings is 2. The number of nitrogens with zero attached hydrogens (tertiary/aromatic N) is 1. The van der Waals surface area contributed by atoms with E-state index >= 15 is 8.78 Å². The van der Waals surface area contributed by atoms with Crippen LogP contribution in [0.15, 0.2) is 36.4 Å². The molecule has 2 bridgehead atoms. The van der Waals surface area contributed by atoms with Crippen molar-refractivity contribution < 1.29 is 35.6 Å². The summed E-state index contributed by atoms with van der Waals surface area (Å²) >= 11 is 0. The van der Waals surface area contributed by atoms with E-state index in [1.807, 2.05) is 6.92 Å². The van der Waals surface area contributed by atoms with Gasteiger partial charge in [-0.3, -0.25) is 9.59 Å². The van der Waals surface area contributed by atoms with Gasteiger partial charge < -0.3 is 10.2 Å². The van der Waals surface area contributed by atoms with Crippen LogP contribution in [0.1, 0.15) is 54.1 Å². The van der Waals surface area contributed by atoms with Crippen molar-refractivity contribution in [1.82, 2.24) is 9.62 Å². The van der Waals surface area contributed by atoms with Gasteiger partial charge in [0, 0.05) is 29.4 Å². The Hall–Kier alpha value is -2.99. The number of carbonyl (C=O) groups is 2. The summed E-state index contributed by atoms with van der Waals surface area (Å²) in [5.74, 6) is -8.69. The number of hydrogen-bond acceptors (Lipinski definition) is 4. The fourth-order valence-electron chi connectivity index (χ4n) is 5.45. The Kier molecular flexibility index (Phi) is 7.59. The predicted octanol–water partition coefficient (Wildman–Crippen LogP) is 4.32. The number of hydrogen-bond donors (Lipinski definition) is 2. The monoisotopic (exact) mass is 555 g/mol. The van der Waals surface area contributed by atoms with Gasteiger partial charge in [-0.2, -0.15) is 8.78 Å². The van der Waals surface area contributed by atoms with E-state index < -0.39 is 63.1 Å². The highest BCUT2D eigenvalue weighted by molar-refractivity contribution is 7.88. The Bertz CT molecular complexity index is 1370. The van der Waals surface area contributed by atoms with Crippen LogP contribution in [0.3, 0.4) is 0 Å². The van der Waals surface area contributed by atoms with Gasteiger partial charge in [0.05, 0.1) is 11.8 Å². The molecule has 0 unspecified atom stereocenters. The molecule has 0 saturated carbocycles. The Morgan fingerprint density at radius 3 is 2.37 bits per heavy atom. The highest BCUT2D eigenvalue weighted by atomic mass is 32.2. The lowest BCUT2D eigenvalue weighted by atomic mass is 9.76. The van der Waals surface area contributed by atoms with Crippen molar-refractivity contribution in [3.63, 3.8) is 0 Å². The lowest BCUT2D eigenvalue weighted by Crippen LogP contribution is -2.63. The Labute approximate surface area is 218 Å². The maximum Gasteiger partial charge on any atom is 0.352 e. The Morgan fingerprint density at radius 2 is 1.71 bits per heavy atom. The second-order valence-corrected chi connectivity index (χ2v) is 12.0. The molecule has 12 heteroatoms. The first-order chi connectivity index (χ1) is 17.7. The summed E-state index contributed by atoms with van der Waals surface area (Å²) in [5, 5.41) is 2.45. The molecular weight excluding hydrogens is 526 g/mol. The third kappa shape index (κ3) is 5.70. The fraction of sp³-hybridized carbons (Fsp3) is 0.462. The summed E-state index contributed by atoms with van der Waals surface area (Å²) in [4.78, 5) is 27.1. The third-order valence-electron chi connectivity index (χ3n) is 7.31. The van der Waals surface area contributed by atoms with Crippen molar-refractivity contribution in [2.45, 2.75) is 63.6 Å². The van der Waals surface area contributed by atoms with E-state index in [1.165, 1.54) is 19.1 Å². The first-order valence-electron chi connectivity index (χ1n) is 12.2. The summed E-state index contributed by atoms with van der Waals surface area (Å²) < 4.78 is 85.5. The van der Waals surface area contributed by atoms with E-state index in [9.17, 15) is 26.8 Å². The first kappa shape index (κ1) is 28.0. The van der Waals surface area contributed by atoms with Gasteiger partial charge in [0.15, 0.2) is 0 Å². The van der Waals surface area contributed by atoms with E-state index in [0.717, 1.165) is 23.3 Å². The lowest BCUT2D eigenvalue weighted by molar-refractivity contribution is -0.172. The Morgan fingerprint density at radius 1 is 1.03 bits per heavy atom. The van der Waals surface area contributed by atoms with Gasteiger partial charge in [-0.05, 0) is 80.5 Å². The normalized spacial score (nSPS) is 23.7. The molecule has 2 saturated heterocycles. The van der Waals surface area contributed by atoms with Gasteiger partial charge in [0.2, 0.25) is 10.0 Å². The van der Waals surface area contributed by atoms with E-state index in [0.29, 0.717) is 25.0 Å². The summed E-state index contributed by atoms with van der Waals surface area (Å²) in [7, 11) is -3.53. The largest absolute Gasteiger partial charge is 0.352 e. The molecule has 0 spiro atoms. The van der Waals surface area contributed by atoms with Crippen molar-refractivity contribution in [1.29, 1.82) is 0 Å². The fourth-order valence-corrected chi connectivity index (χ4v) is 6.25. The minimum Gasteiger partial charge on any atom is -0.331 e. The van der Waals surface area contributed by atoms with Gasteiger partial charge in [0.1, 0.15) is 11.6 Å². The van der Waals surface area contributed by atoms with Gasteiger partial charge in [-0.25, -0.2) is 21.9 Å². The zero-order chi connectivity index (χ0) is 28.0. The summed E-state index contributed by atoms with van der Waals surface area (Å²) in [5.41, 5.74) is -1.06. The van der Waals surface area contributed by atoms with Crippen LogP contribution in [0, 0.1) is 24.5 Å². The summed E-state index contributed by atoms with van der Waals surface area (Å²) in [6, 6.07) is 4.37. The average molecular weight is 556 g/mol. The van der Waals surface area contributed by atoms with E-state index in [1.54, 1.807) is 0 Å². The molecule has 2 fully saturated rings. The number of nitrogens with one attached hydrogen (secondary N) is 2. The van der Waals surface area contributed by atoms with Crippen LogP contribution in [0.25, 0.3) is 0 Å². The number of carbonyl (C=O) groups excluding carboxylic acids is 2. The van der Waals surface area contributed by atoms with E-state index in [2.05, 4.69) is 10.0 Å². The lowest BCUT2D eigenvalue weighted by Gasteiger charge is -2.52. The highest BCUT2D eigenvalue weighted by Gasteiger charge is 2.53. The number of alkyl halides is 2. The zero-order valence-corrected chi connectivity index (χ0v) is 21.9. The SMILES string of the molecule is Cc1cc(NC(=O)c2ccc(F)c(C(F)(F)C(=O)N3[C@@H]4CC[C@H](C)[C@H]3C[C@@H](NS(C)(=O)=O)C4)c2)ccc1F. The molecular formula is C26H29F4N3O4S. The van der Waals surface area contributed by atoms with Crippen LogP contribution < -0.4 is 10.0 Å². The molecule has 0 aliphatic carbocycles. The zero-order valence-electron chi connectivity index (χ0n) is 21.1. The molecule has 38 heavy (non-hydrogen) atoms. The van der Waals surface area contributed by atoms with Crippen molar-refractivity contribution in [3.8, 4) is 0 Å². The molecule has 2 aromatic rings. The number of benzene rings is 2. The molecule has 2 aromatic carbocycles. The van der Waals surface area contributed by atoms with Crippen LogP contribution in [0.2, 0.25) is 0 Å². The minimum atomic E-state index is -4.28. The van der Waals surface area contributed by atoms with Gasteiger partial charge >= 0.3 is 5.92 Å². The number of fused-ring (bicyclic) bond motifs is 2. The van der Waals surface area contributed by atoms with E-state index in [4.69, 9.17) is 0 Å². The van der Waals surface area contributed by atoms with Crippen LogP contribution in [0.4, 0.5) is 23.2 Å². The maximum atomic E-state index is 15.6. The molecule has 2 heterocycles. The number of anilines is 1. The van der Waals surface area contributed by atoms with Crippen molar-refractivity contribution in [2.24, 2.45) is 5.92 Å². The molecule has 4 rings (SSSR count). The smallest absolute Gasteiger partial charge is 0.331 e. The van der Waals surface area contributed by atoms with E-state index in [-0.39, 0.29) is 35.6 Å². The second kappa shape index (κ2) is 10.3. The standard InChI is InChI=1S/C26H29F4N3O4S/c1-14-4-7-19-12-18(32-38(3,36)37)13-23(14)33(19)25(35)26(29,30)20-11-16(5-8-22(20)28)24(34)31-17-6-9-21(27)15(2)10-17/h5-6,8-11,14,18-19,23,32H,4,7,12-13H2,1-3H3,(H,31,34)/t14-,18-,19+,23+/m0/s1. The summed E-state index contributed by atoms with van der Waals surface area (Å²) in [6.45, 7) is 3.30. The quantitative estimate of drug-likeness (QED) is 0.519. The third-order valence-corrected chi connectivity index (χ3v) is 8.07. The molecule has 2 amide bonds. The number of halogens is 4.